The van der Waals surface area contributed by atoms with Crippen LogP contribution in [0.5, 0.6) is 0 Å². The Hall–Kier alpha value is -2.16. The van der Waals surface area contributed by atoms with Crippen molar-refractivity contribution in [2.75, 3.05) is 13.2 Å². The molecule has 0 unspecified atom stereocenters. The first-order chi connectivity index (χ1) is 9.81. The minimum absolute atomic E-state index is 0.0721. The molecule has 1 amide bonds. The maximum Gasteiger partial charge on any atom is 0.329 e. The van der Waals surface area contributed by atoms with E-state index in [1.807, 2.05) is 0 Å². The lowest BCUT2D eigenvalue weighted by Crippen LogP contribution is -2.46. The average Bonchev–Trinajstić information content (AvgIpc) is 2.38. The van der Waals surface area contributed by atoms with E-state index in [9.17, 15) is 19.2 Å². The van der Waals surface area contributed by atoms with Crippen LogP contribution in [0.25, 0.3) is 0 Å². The molecule has 0 aromatic rings. The predicted octanol–water partition coefficient (Wildman–Crippen LogP) is -1.21. The zero-order valence-corrected chi connectivity index (χ0v) is 12.0. The third-order valence-electron chi connectivity index (χ3n) is 2.30. The van der Waals surface area contributed by atoms with E-state index in [1.165, 1.54) is 0 Å². The van der Waals surface area contributed by atoms with Crippen LogP contribution in [0.2, 0.25) is 0 Å². The Morgan fingerprint density at radius 2 is 1.67 bits per heavy atom. The number of aliphatic carboxylic acids is 1. The summed E-state index contributed by atoms with van der Waals surface area (Å²) in [5, 5.41) is 10.8. The summed E-state index contributed by atoms with van der Waals surface area (Å²) in [5.41, 5.74) is 5.21. The number of carboxylic acid groups (broad SMARTS) is 1. The monoisotopic (exact) mass is 304 g/mol. The van der Waals surface area contributed by atoms with Gasteiger partial charge in [-0.3, -0.25) is 14.4 Å². The van der Waals surface area contributed by atoms with E-state index < -0.39 is 48.7 Å². The van der Waals surface area contributed by atoms with Crippen LogP contribution in [-0.2, 0) is 28.7 Å². The van der Waals surface area contributed by atoms with Crippen LogP contribution in [0.4, 0.5) is 0 Å². The molecule has 9 nitrogen and oxygen atoms in total. The average molecular weight is 304 g/mol. The largest absolute Gasteiger partial charge is 0.480 e. The van der Waals surface area contributed by atoms with Gasteiger partial charge in [-0.25, -0.2) is 4.79 Å². The molecule has 0 radical (unpaired) electrons. The highest BCUT2D eigenvalue weighted by atomic mass is 16.5. The Balaban J connectivity index is 4.65. The van der Waals surface area contributed by atoms with Gasteiger partial charge in [-0.1, -0.05) is 0 Å². The highest BCUT2D eigenvalue weighted by Gasteiger charge is 2.27. The standard InChI is InChI=1S/C12H20N2O7/c1-3-20-10(16)6-8(12(19)21-4-2)14-9(15)5-7(13)11(17)18/h7-8H,3-6,13H2,1-2H3,(H,14,15)(H,17,18)/t7-,8+/m0/s1. The van der Waals surface area contributed by atoms with Gasteiger partial charge in [-0.05, 0) is 13.8 Å². The van der Waals surface area contributed by atoms with E-state index in [2.05, 4.69) is 10.1 Å². The number of hydrogen-bond donors (Lipinski definition) is 3. The molecule has 0 aliphatic rings. The topological polar surface area (TPSA) is 145 Å². The predicted molar refractivity (Wildman–Crippen MR) is 70.0 cm³/mol. The summed E-state index contributed by atoms with van der Waals surface area (Å²) in [7, 11) is 0. The van der Waals surface area contributed by atoms with E-state index >= 15 is 0 Å². The third-order valence-corrected chi connectivity index (χ3v) is 2.30. The molecule has 0 bridgehead atoms. The molecule has 0 heterocycles. The van der Waals surface area contributed by atoms with Gasteiger partial charge in [0.2, 0.25) is 5.91 Å². The van der Waals surface area contributed by atoms with Gasteiger partial charge in [0.15, 0.2) is 0 Å². The van der Waals surface area contributed by atoms with E-state index in [0.717, 1.165) is 0 Å². The number of carbonyl (C=O) groups is 4. The van der Waals surface area contributed by atoms with Crippen molar-refractivity contribution in [2.45, 2.75) is 38.8 Å². The zero-order valence-electron chi connectivity index (χ0n) is 12.0. The summed E-state index contributed by atoms with van der Waals surface area (Å²) >= 11 is 0. The maximum absolute atomic E-state index is 11.6. The zero-order chi connectivity index (χ0) is 16.4. The van der Waals surface area contributed by atoms with Crippen LogP contribution < -0.4 is 11.1 Å². The van der Waals surface area contributed by atoms with Crippen molar-refractivity contribution < 1.29 is 33.8 Å². The van der Waals surface area contributed by atoms with Crippen molar-refractivity contribution in [2.24, 2.45) is 5.73 Å². The number of carbonyl (C=O) groups excluding carboxylic acids is 3. The number of nitrogens with two attached hydrogens (primary N) is 1. The Morgan fingerprint density at radius 3 is 2.14 bits per heavy atom. The van der Waals surface area contributed by atoms with E-state index in [1.54, 1.807) is 13.8 Å². The van der Waals surface area contributed by atoms with Crippen molar-refractivity contribution in [3.63, 3.8) is 0 Å². The smallest absolute Gasteiger partial charge is 0.329 e. The maximum atomic E-state index is 11.6. The molecule has 9 heteroatoms. The van der Waals surface area contributed by atoms with Gasteiger partial charge in [0, 0.05) is 0 Å². The van der Waals surface area contributed by atoms with Crippen molar-refractivity contribution in [3.8, 4) is 0 Å². The Bertz CT molecular complexity index is 397. The first kappa shape index (κ1) is 18.8. The molecule has 2 atom stereocenters. The van der Waals surface area contributed by atoms with Gasteiger partial charge in [0.05, 0.1) is 26.1 Å². The van der Waals surface area contributed by atoms with Gasteiger partial charge in [0.1, 0.15) is 12.1 Å². The summed E-state index contributed by atoms with van der Waals surface area (Å²) in [6, 6.07) is -2.63. The van der Waals surface area contributed by atoms with Crippen molar-refractivity contribution >= 4 is 23.8 Å². The van der Waals surface area contributed by atoms with Crippen LogP contribution in [0.1, 0.15) is 26.7 Å². The molecule has 0 aromatic carbocycles. The molecule has 4 N–H and O–H groups in total. The normalized spacial score (nSPS) is 12.9. The molecule has 0 aliphatic carbocycles. The van der Waals surface area contributed by atoms with Crippen LogP contribution in [0.3, 0.4) is 0 Å². The summed E-state index contributed by atoms with van der Waals surface area (Å²) in [6.45, 7) is 3.37. The second kappa shape index (κ2) is 9.70. The SMILES string of the molecule is CCOC(=O)C[C@@H](NC(=O)C[C@H](N)C(=O)O)C(=O)OCC. The first-order valence-corrected chi connectivity index (χ1v) is 6.41. The van der Waals surface area contributed by atoms with Gasteiger partial charge >= 0.3 is 17.9 Å². The molecule has 0 fully saturated rings. The number of rotatable bonds is 9. The number of nitrogens with one attached hydrogen (secondary N) is 1. The van der Waals surface area contributed by atoms with Crippen molar-refractivity contribution in [1.29, 1.82) is 0 Å². The molecular weight excluding hydrogens is 284 g/mol. The number of carboxylic acids is 1. The quantitative estimate of drug-likeness (QED) is 0.450. The lowest BCUT2D eigenvalue weighted by atomic mass is 10.1. The van der Waals surface area contributed by atoms with Crippen LogP contribution in [0, 0.1) is 0 Å². The van der Waals surface area contributed by atoms with E-state index in [4.69, 9.17) is 15.6 Å². The molecule has 0 aromatic heterocycles. The summed E-state index contributed by atoms with van der Waals surface area (Å²) < 4.78 is 9.41. The molecule has 0 rings (SSSR count). The van der Waals surface area contributed by atoms with E-state index in [0.29, 0.717) is 0 Å². The fraction of sp³-hybridized carbons (Fsp3) is 0.667. The number of esters is 2. The Labute approximate surface area is 121 Å². The van der Waals surface area contributed by atoms with Crippen LogP contribution in [0.15, 0.2) is 0 Å². The number of ether oxygens (including phenoxy) is 2. The fourth-order valence-electron chi connectivity index (χ4n) is 1.36. The Morgan fingerprint density at radius 1 is 1.10 bits per heavy atom. The van der Waals surface area contributed by atoms with Crippen LogP contribution >= 0.6 is 0 Å². The van der Waals surface area contributed by atoms with Gasteiger partial charge < -0.3 is 25.6 Å². The van der Waals surface area contributed by atoms with E-state index in [-0.39, 0.29) is 13.2 Å². The lowest BCUT2D eigenvalue weighted by Gasteiger charge is -2.17. The molecule has 21 heavy (non-hydrogen) atoms. The lowest BCUT2D eigenvalue weighted by molar-refractivity contribution is -0.153. The second-order valence-corrected chi connectivity index (χ2v) is 4.03. The van der Waals surface area contributed by atoms with Crippen molar-refractivity contribution in [3.05, 3.63) is 0 Å². The number of amides is 1. The second-order valence-electron chi connectivity index (χ2n) is 4.03. The molecule has 0 saturated heterocycles. The van der Waals surface area contributed by atoms with Gasteiger partial charge in [-0.15, -0.1) is 0 Å². The fourth-order valence-corrected chi connectivity index (χ4v) is 1.36. The Kier molecular flexibility index (Phi) is 8.70. The minimum atomic E-state index is -1.39. The highest BCUT2D eigenvalue weighted by Crippen LogP contribution is 2.01. The minimum Gasteiger partial charge on any atom is -0.480 e. The van der Waals surface area contributed by atoms with Gasteiger partial charge in [-0.2, -0.15) is 0 Å². The highest BCUT2D eigenvalue weighted by molar-refractivity contribution is 5.90. The summed E-state index contributed by atoms with van der Waals surface area (Å²) in [4.78, 5) is 45.2. The third kappa shape index (κ3) is 7.88. The first-order valence-electron chi connectivity index (χ1n) is 6.41. The summed E-state index contributed by atoms with van der Waals surface area (Å²) in [5.74, 6) is -3.60. The van der Waals surface area contributed by atoms with Gasteiger partial charge in [0.25, 0.3) is 0 Å². The number of hydrogen-bond acceptors (Lipinski definition) is 7. The molecule has 0 aliphatic heterocycles. The summed E-state index contributed by atoms with van der Waals surface area (Å²) in [6.07, 6.45) is -0.922. The van der Waals surface area contributed by atoms with Crippen molar-refractivity contribution in [1.82, 2.24) is 5.32 Å². The molecule has 120 valence electrons. The molecule has 0 spiro atoms. The molecule has 0 saturated carbocycles. The molecular formula is C12H20N2O7. The van der Waals surface area contributed by atoms with Crippen LogP contribution in [-0.4, -0.2) is 54.2 Å².